The summed E-state index contributed by atoms with van der Waals surface area (Å²) in [5.74, 6) is -3.86. The number of aliphatic hydroxyl groups excluding tert-OH is 1. The normalized spacial score (nSPS) is 48.9. The molecule has 6 heteroatoms. The second-order valence-corrected chi connectivity index (χ2v) is 10.0. The molecule has 6 nitrogen and oxygen atoms in total. The fourth-order valence-electron chi connectivity index (χ4n) is 7.64. The second kappa shape index (κ2) is 5.86. The topological polar surface area (TPSA) is 118 Å². The van der Waals surface area contributed by atoms with E-state index in [-0.39, 0.29) is 35.5 Å². The first-order valence-electron chi connectivity index (χ1n) is 10.2. The molecule has 3 saturated carbocycles. The average Bonchev–Trinajstić information content (AvgIpc) is 2.90. The number of fused-ring (bicyclic) bond motifs is 5. The van der Waals surface area contributed by atoms with Gasteiger partial charge in [0.15, 0.2) is 11.6 Å². The highest BCUT2D eigenvalue weighted by Crippen LogP contribution is 2.67. The van der Waals surface area contributed by atoms with Crippen LogP contribution in [0, 0.1) is 34.5 Å². The summed E-state index contributed by atoms with van der Waals surface area (Å²) in [6.45, 7) is 3.49. The van der Waals surface area contributed by atoms with E-state index in [4.69, 9.17) is 0 Å². The number of carbonyl (C=O) groups is 1. The van der Waals surface area contributed by atoms with E-state index in [0.29, 0.717) is 25.7 Å². The smallest absolute Gasteiger partial charge is 0.182 e. The number of aliphatic hydroxyl groups is 5. The first-order chi connectivity index (χ1) is 12.4. The molecule has 152 valence electrons. The number of hydrogen-bond donors (Lipinski definition) is 5. The minimum Gasteiger partial charge on any atom is -0.393 e. The van der Waals surface area contributed by atoms with Gasteiger partial charge in [0.05, 0.1) is 11.5 Å². The van der Waals surface area contributed by atoms with Gasteiger partial charge in [0.1, 0.15) is 6.29 Å². The van der Waals surface area contributed by atoms with Gasteiger partial charge in [-0.05, 0) is 68.8 Å². The van der Waals surface area contributed by atoms with Crippen LogP contribution < -0.4 is 0 Å². The molecule has 0 amide bonds. The highest BCUT2D eigenvalue weighted by Gasteiger charge is 2.65. The van der Waals surface area contributed by atoms with E-state index >= 15 is 0 Å². The zero-order valence-corrected chi connectivity index (χ0v) is 16.1. The van der Waals surface area contributed by atoms with Crippen molar-refractivity contribution < 1.29 is 30.3 Å². The van der Waals surface area contributed by atoms with Crippen molar-refractivity contribution in [1.82, 2.24) is 0 Å². The molecule has 0 unspecified atom stereocenters. The van der Waals surface area contributed by atoms with Crippen molar-refractivity contribution >= 4 is 6.29 Å². The van der Waals surface area contributed by atoms with Gasteiger partial charge >= 0.3 is 0 Å². The summed E-state index contributed by atoms with van der Waals surface area (Å²) in [7, 11) is 0. The van der Waals surface area contributed by atoms with Crippen LogP contribution in [0.15, 0.2) is 11.6 Å². The van der Waals surface area contributed by atoms with E-state index in [2.05, 4.69) is 6.92 Å². The van der Waals surface area contributed by atoms with Gasteiger partial charge in [-0.2, -0.15) is 0 Å². The molecule has 0 saturated heterocycles. The summed E-state index contributed by atoms with van der Waals surface area (Å²) in [6, 6.07) is 0. The third-order valence-corrected chi connectivity index (χ3v) is 8.57. The van der Waals surface area contributed by atoms with Crippen LogP contribution in [-0.4, -0.2) is 49.5 Å². The van der Waals surface area contributed by atoms with Crippen molar-refractivity contribution in [2.24, 2.45) is 34.5 Å². The fraction of sp³-hybridized carbons (Fsp3) is 0.857. The largest absolute Gasteiger partial charge is 0.393 e. The van der Waals surface area contributed by atoms with Crippen molar-refractivity contribution in [3.05, 3.63) is 11.6 Å². The van der Waals surface area contributed by atoms with Crippen LogP contribution in [0.25, 0.3) is 0 Å². The van der Waals surface area contributed by atoms with Gasteiger partial charge in [-0.25, -0.2) is 0 Å². The molecule has 0 heterocycles. The van der Waals surface area contributed by atoms with Crippen LogP contribution in [0.5, 0.6) is 0 Å². The molecule has 27 heavy (non-hydrogen) atoms. The number of carbonyl (C=O) groups excluding carboxylic acids is 1. The number of rotatable bonds is 2. The van der Waals surface area contributed by atoms with Crippen molar-refractivity contribution in [2.45, 2.75) is 76.5 Å². The van der Waals surface area contributed by atoms with Crippen LogP contribution in [-0.2, 0) is 4.79 Å². The molecule has 0 spiro atoms. The summed E-state index contributed by atoms with van der Waals surface area (Å²) in [5, 5.41) is 51.9. The van der Waals surface area contributed by atoms with Gasteiger partial charge in [-0.1, -0.05) is 12.5 Å². The molecule has 0 aromatic carbocycles. The Morgan fingerprint density at radius 1 is 1.19 bits per heavy atom. The first-order valence-corrected chi connectivity index (χ1v) is 10.2. The summed E-state index contributed by atoms with van der Waals surface area (Å²) >= 11 is 0. The highest BCUT2D eigenvalue weighted by molar-refractivity contribution is 5.68. The number of hydrogen-bond acceptors (Lipinski definition) is 6. The van der Waals surface area contributed by atoms with Crippen LogP contribution in [0.4, 0.5) is 0 Å². The van der Waals surface area contributed by atoms with Gasteiger partial charge < -0.3 is 30.3 Å². The third kappa shape index (κ3) is 2.68. The Bertz CT molecular complexity index is 664. The lowest BCUT2D eigenvalue weighted by Crippen LogP contribution is -2.60. The molecular weight excluding hydrogens is 348 g/mol. The lowest BCUT2D eigenvalue weighted by Gasteiger charge is -2.60. The van der Waals surface area contributed by atoms with Crippen LogP contribution in [0.3, 0.4) is 0 Å². The molecule has 0 radical (unpaired) electrons. The zero-order chi connectivity index (χ0) is 19.8. The Balaban J connectivity index is 1.74. The minimum atomic E-state index is -1.88. The lowest BCUT2D eigenvalue weighted by atomic mass is 9.45. The van der Waals surface area contributed by atoms with Gasteiger partial charge in [-0.15, -0.1) is 0 Å². The first kappa shape index (κ1) is 19.5. The van der Waals surface area contributed by atoms with E-state index < -0.39 is 23.1 Å². The maximum atomic E-state index is 12.3. The average molecular weight is 380 g/mol. The Hall–Kier alpha value is -0.790. The maximum absolute atomic E-state index is 12.3. The van der Waals surface area contributed by atoms with Crippen molar-refractivity contribution in [1.29, 1.82) is 0 Å². The Morgan fingerprint density at radius 2 is 1.89 bits per heavy atom. The molecule has 5 N–H and O–H groups in total. The number of allylic oxidation sites excluding steroid dienone is 1. The van der Waals surface area contributed by atoms with Gasteiger partial charge in [-0.3, -0.25) is 0 Å². The van der Waals surface area contributed by atoms with Crippen LogP contribution in [0.1, 0.15) is 58.8 Å². The second-order valence-electron chi connectivity index (χ2n) is 10.0. The van der Waals surface area contributed by atoms with Crippen LogP contribution >= 0.6 is 0 Å². The summed E-state index contributed by atoms with van der Waals surface area (Å²) in [4.78, 5) is 12.3. The molecule has 4 rings (SSSR count). The van der Waals surface area contributed by atoms with E-state index in [1.807, 2.05) is 0 Å². The molecular formula is C21H32O6. The van der Waals surface area contributed by atoms with Crippen molar-refractivity contribution in [3.8, 4) is 0 Å². The molecule has 0 aromatic heterocycles. The standard InChI is InChI=1S/C21H32O6/c1-18-10-15(23)17-13(14(18)5-6-16(18)19(2,24)25)4-3-12-9-21(26,27)8-7-20(12,17)11-22/h9,11,13-17,23-27H,3-8,10H2,1-2H3/t13-,14-,15-,16-,17+,18-,20+/m0/s1. The van der Waals surface area contributed by atoms with E-state index in [1.165, 1.54) is 13.0 Å². The molecule has 7 atom stereocenters. The fourth-order valence-corrected chi connectivity index (χ4v) is 7.64. The van der Waals surface area contributed by atoms with Gasteiger partial charge in [0.2, 0.25) is 0 Å². The van der Waals surface area contributed by atoms with Crippen molar-refractivity contribution in [3.63, 3.8) is 0 Å². The predicted molar refractivity (Wildman–Crippen MR) is 97.0 cm³/mol. The minimum absolute atomic E-state index is 0.0844. The Morgan fingerprint density at radius 3 is 2.52 bits per heavy atom. The Labute approximate surface area is 159 Å². The quantitative estimate of drug-likeness (QED) is 0.278. The van der Waals surface area contributed by atoms with E-state index in [0.717, 1.165) is 24.7 Å². The predicted octanol–water partition coefficient (Wildman–Crippen LogP) is 1.10. The Kier molecular flexibility index (Phi) is 4.24. The SMILES string of the molecule is CC(O)(O)[C@H]1CC[C@H]2[C@@H]3CCC4=CC(O)(O)CC[C@]4(C=O)[C@H]3[C@@H](O)C[C@]12C. The highest BCUT2D eigenvalue weighted by atomic mass is 16.5. The molecule has 0 aliphatic heterocycles. The number of aldehydes is 1. The van der Waals surface area contributed by atoms with Crippen LogP contribution in [0.2, 0.25) is 0 Å². The third-order valence-electron chi connectivity index (χ3n) is 8.57. The van der Waals surface area contributed by atoms with Crippen molar-refractivity contribution in [2.75, 3.05) is 0 Å². The van der Waals surface area contributed by atoms with Gasteiger partial charge in [0, 0.05) is 18.3 Å². The summed E-state index contributed by atoms with van der Waals surface area (Å²) in [5.41, 5.74) is -0.462. The molecule has 3 fully saturated rings. The summed E-state index contributed by atoms with van der Waals surface area (Å²) < 4.78 is 0. The molecule has 0 bridgehead atoms. The molecule has 4 aliphatic carbocycles. The van der Waals surface area contributed by atoms with Gasteiger partial charge in [0.25, 0.3) is 0 Å². The monoisotopic (exact) mass is 380 g/mol. The summed E-state index contributed by atoms with van der Waals surface area (Å²) in [6.07, 6.45) is 5.45. The van der Waals surface area contributed by atoms with E-state index in [1.54, 1.807) is 0 Å². The van der Waals surface area contributed by atoms with E-state index in [9.17, 15) is 30.3 Å². The lowest BCUT2D eigenvalue weighted by molar-refractivity contribution is -0.229. The molecule has 4 aliphatic rings. The maximum Gasteiger partial charge on any atom is 0.182 e. The molecule has 0 aromatic rings. The zero-order valence-electron chi connectivity index (χ0n) is 16.1.